The lowest BCUT2D eigenvalue weighted by Crippen LogP contribution is -2.29. The summed E-state index contributed by atoms with van der Waals surface area (Å²) in [5.41, 5.74) is 0. The number of allylic oxidation sites excluding steroid dienone is 12. The summed E-state index contributed by atoms with van der Waals surface area (Å²) in [6, 6.07) is 0. The second kappa shape index (κ2) is 49.3. The van der Waals surface area contributed by atoms with Gasteiger partial charge in [0.15, 0.2) is 6.10 Å². The van der Waals surface area contributed by atoms with Gasteiger partial charge >= 0.3 is 19.8 Å². The van der Waals surface area contributed by atoms with E-state index in [4.69, 9.17) is 23.6 Å². The van der Waals surface area contributed by atoms with Crippen LogP contribution in [-0.2, 0) is 32.7 Å². The first-order valence-corrected chi connectivity index (χ1v) is 27.4. The molecule has 0 fully saturated rings. The van der Waals surface area contributed by atoms with Gasteiger partial charge in [0.1, 0.15) is 12.7 Å². The first-order valence-electron chi connectivity index (χ1n) is 25.9. The highest BCUT2D eigenvalue weighted by molar-refractivity contribution is 7.47. The molecule has 3 unspecified atom stereocenters. The maximum atomic E-state index is 12.7. The van der Waals surface area contributed by atoms with E-state index in [1.54, 1.807) is 0 Å². The average Bonchev–Trinajstić information content (AvgIpc) is 3.30. The number of unbranched alkanes of at least 4 members (excludes halogenated alkanes) is 22. The van der Waals surface area contributed by atoms with Gasteiger partial charge in [-0.3, -0.25) is 18.6 Å². The van der Waals surface area contributed by atoms with Crippen molar-refractivity contribution in [1.29, 1.82) is 0 Å². The fourth-order valence-electron chi connectivity index (χ4n) is 6.90. The molecule has 0 aliphatic heterocycles. The summed E-state index contributed by atoms with van der Waals surface area (Å²) in [6.45, 7) is 2.25. The zero-order chi connectivity index (χ0) is 47.6. The molecule has 0 aliphatic rings. The Balaban J connectivity index is 4.22. The van der Waals surface area contributed by atoms with Crippen molar-refractivity contribution in [3.05, 3.63) is 72.9 Å². The molecule has 0 heterocycles. The van der Waals surface area contributed by atoms with Gasteiger partial charge in [0, 0.05) is 12.8 Å². The molecule has 0 saturated carbocycles. The monoisotopic (exact) mass is 935 g/mol. The third-order valence-electron chi connectivity index (χ3n) is 10.8. The Morgan fingerprint density at radius 1 is 0.477 bits per heavy atom. The highest BCUT2D eigenvalue weighted by Crippen LogP contribution is 2.43. The van der Waals surface area contributed by atoms with Crippen LogP contribution in [0.15, 0.2) is 72.9 Å². The highest BCUT2D eigenvalue weighted by atomic mass is 31.2. The Hall–Kier alpha value is -2.59. The Morgan fingerprint density at radius 3 is 1.31 bits per heavy atom. The van der Waals surface area contributed by atoms with E-state index in [9.17, 15) is 24.2 Å². The molecule has 0 bridgehead atoms. The quantitative estimate of drug-likeness (QED) is 0.0233. The summed E-state index contributed by atoms with van der Waals surface area (Å²) >= 11 is 0. The Kier molecular flexibility index (Phi) is 47.4. The summed E-state index contributed by atoms with van der Waals surface area (Å²) in [6.07, 6.45) is 58.7. The number of esters is 2. The number of carbonyl (C=O) groups excluding carboxylic acids is 2. The van der Waals surface area contributed by atoms with E-state index in [1.165, 1.54) is 109 Å². The van der Waals surface area contributed by atoms with E-state index in [0.717, 1.165) is 70.6 Å². The van der Waals surface area contributed by atoms with Crippen LogP contribution >= 0.6 is 7.82 Å². The van der Waals surface area contributed by atoms with Crippen LogP contribution in [0.1, 0.15) is 219 Å². The number of ether oxygens (including phenoxy) is 2. The van der Waals surface area contributed by atoms with Gasteiger partial charge in [-0.2, -0.15) is 0 Å². The lowest BCUT2D eigenvalue weighted by Gasteiger charge is -2.20. The number of carbonyl (C=O) groups is 2. The van der Waals surface area contributed by atoms with Crippen molar-refractivity contribution in [3.63, 3.8) is 0 Å². The van der Waals surface area contributed by atoms with Crippen LogP contribution in [0.2, 0.25) is 0 Å². The molecular formula is C54H95O10P. The molecule has 11 heteroatoms. The molecule has 0 rings (SSSR count). The van der Waals surface area contributed by atoms with Crippen LogP contribution < -0.4 is 0 Å². The number of phosphoric ester groups is 1. The smallest absolute Gasteiger partial charge is 0.462 e. The SMILES string of the molecule is CC/C=C\C/C=C\C/C=C\C/C=C\C/C=C\CCCCCC(=O)OC(COC(=O)CCCCCCCCCCCCC/C=C\CCCCCCCCCC)COP(=O)(O)OCC(O)CO. The first-order chi connectivity index (χ1) is 31.7. The minimum Gasteiger partial charge on any atom is -0.462 e. The van der Waals surface area contributed by atoms with E-state index >= 15 is 0 Å². The molecule has 0 amide bonds. The van der Waals surface area contributed by atoms with Gasteiger partial charge in [0.2, 0.25) is 0 Å². The molecule has 0 aromatic heterocycles. The van der Waals surface area contributed by atoms with Crippen molar-refractivity contribution >= 4 is 19.8 Å². The third kappa shape index (κ3) is 49.1. The largest absolute Gasteiger partial charge is 0.472 e. The zero-order valence-corrected chi connectivity index (χ0v) is 42.1. The van der Waals surface area contributed by atoms with Crippen LogP contribution in [0.4, 0.5) is 0 Å². The molecule has 376 valence electrons. The molecule has 65 heavy (non-hydrogen) atoms. The molecule has 0 spiro atoms. The molecule has 10 nitrogen and oxygen atoms in total. The lowest BCUT2D eigenvalue weighted by atomic mass is 10.0. The van der Waals surface area contributed by atoms with E-state index in [1.807, 2.05) is 0 Å². The standard InChI is InChI=1S/C54H95O10P/c1-3-5-7-9-11-13-15-17-19-21-23-24-25-26-28-29-31-33-35-37-39-41-43-45-53(57)61-49-52(50-63-65(59,60)62-48-51(56)47-55)64-54(58)46-44-42-40-38-36-34-32-30-27-22-20-18-16-14-12-10-8-6-4-2/h6,8,12,14,18,20-21,23,27,30,34,36,51-52,55-56H,3-5,7,9-11,13,15-17,19,22,24-26,28-29,31-33,35,37-50H2,1-2H3,(H,59,60)/b8-6-,14-12-,20-18-,23-21-,30-27-,36-34-. The molecule has 3 N–H and O–H groups in total. The summed E-state index contributed by atoms with van der Waals surface area (Å²) in [5.74, 6) is -0.962. The molecule has 3 atom stereocenters. The van der Waals surface area contributed by atoms with Gasteiger partial charge in [-0.05, 0) is 83.5 Å². The number of rotatable bonds is 48. The van der Waals surface area contributed by atoms with Gasteiger partial charge in [-0.15, -0.1) is 0 Å². The van der Waals surface area contributed by atoms with E-state index in [-0.39, 0.29) is 19.4 Å². The van der Waals surface area contributed by atoms with Crippen molar-refractivity contribution in [1.82, 2.24) is 0 Å². The summed E-state index contributed by atoms with van der Waals surface area (Å²) in [4.78, 5) is 35.2. The molecule has 0 saturated heterocycles. The van der Waals surface area contributed by atoms with E-state index < -0.39 is 51.8 Å². The summed E-state index contributed by atoms with van der Waals surface area (Å²) in [7, 11) is -4.64. The molecular weight excluding hydrogens is 840 g/mol. The Labute approximate surface area is 397 Å². The van der Waals surface area contributed by atoms with Gasteiger partial charge in [-0.1, -0.05) is 196 Å². The van der Waals surface area contributed by atoms with Gasteiger partial charge in [-0.25, -0.2) is 4.57 Å². The number of aliphatic hydroxyl groups excluding tert-OH is 2. The molecule has 0 aromatic carbocycles. The van der Waals surface area contributed by atoms with E-state index in [2.05, 4.69) is 86.8 Å². The summed E-state index contributed by atoms with van der Waals surface area (Å²) < 4.78 is 32.8. The minimum absolute atomic E-state index is 0.142. The van der Waals surface area contributed by atoms with Crippen LogP contribution in [-0.4, -0.2) is 65.7 Å². The number of hydrogen-bond donors (Lipinski definition) is 3. The highest BCUT2D eigenvalue weighted by Gasteiger charge is 2.27. The second-order valence-electron chi connectivity index (χ2n) is 17.2. The van der Waals surface area contributed by atoms with Gasteiger partial charge in [0.25, 0.3) is 0 Å². The first kappa shape index (κ1) is 62.4. The lowest BCUT2D eigenvalue weighted by molar-refractivity contribution is -0.161. The second-order valence-corrected chi connectivity index (χ2v) is 18.6. The van der Waals surface area contributed by atoms with Gasteiger partial charge in [0.05, 0.1) is 19.8 Å². The van der Waals surface area contributed by atoms with Gasteiger partial charge < -0.3 is 24.6 Å². The molecule has 0 aromatic rings. The number of hydrogen-bond acceptors (Lipinski definition) is 9. The zero-order valence-electron chi connectivity index (χ0n) is 41.2. The van der Waals surface area contributed by atoms with Crippen molar-refractivity contribution in [2.75, 3.05) is 26.4 Å². The Bertz CT molecular complexity index is 1310. The van der Waals surface area contributed by atoms with Crippen molar-refractivity contribution < 1.29 is 47.8 Å². The topological polar surface area (TPSA) is 149 Å². The minimum atomic E-state index is -4.64. The predicted molar refractivity (Wildman–Crippen MR) is 270 cm³/mol. The predicted octanol–water partition coefficient (Wildman–Crippen LogP) is 14.8. The fraction of sp³-hybridized carbons (Fsp3) is 0.741. The Morgan fingerprint density at radius 2 is 0.846 bits per heavy atom. The fourth-order valence-corrected chi connectivity index (χ4v) is 7.69. The molecule has 0 radical (unpaired) electrons. The van der Waals surface area contributed by atoms with Crippen molar-refractivity contribution in [2.24, 2.45) is 0 Å². The average molecular weight is 935 g/mol. The van der Waals surface area contributed by atoms with Crippen LogP contribution in [0, 0.1) is 0 Å². The molecule has 0 aliphatic carbocycles. The third-order valence-corrected chi connectivity index (χ3v) is 11.8. The maximum Gasteiger partial charge on any atom is 0.472 e. The van der Waals surface area contributed by atoms with Crippen LogP contribution in [0.5, 0.6) is 0 Å². The maximum absolute atomic E-state index is 12.7. The van der Waals surface area contributed by atoms with Crippen LogP contribution in [0.3, 0.4) is 0 Å². The van der Waals surface area contributed by atoms with Crippen LogP contribution in [0.25, 0.3) is 0 Å². The number of aliphatic hydroxyl groups is 2. The van der Waals surface area contributed by atoms with Crippen molar-refractivity contribution in [3.8, 4) is 0 Å². The van der Waals surface area contributed by atoms with Crippen molar-refractivity contribution in [2.45, 2.75) is 232 Å². The summed E-state index contributed by atoms with van der Waals surface area (Å²) in [5, 5.41) is 18.4. The normalized spacial score (nSPS) is 14.2. The number of phosphoric acid groups is 1. The van der Waals surface area contributed by atoms with E-state index in [0.29, 0.717) is 12.8 Å².